The van der Waals surface area contributed by atoms with Gasteiger partial charge in [0.1, 0.15) is 0 Å². The third-order valence-corrected chi connectivity index (χ3v) is 2.76. The van der Waals surface area contributed by atoms with Gasteiger partial charge in [0.05, 0.1) is 5.75 Å². The molecule has 1 amide bonds. The van der Waals surface area contributed by atoms with E-state index in [0.29, 0.717) is 0 Å². The highest BCUT2D eigenvalue weighted by Crippen LogP contribution is 2.19. The summed E-state index contributed by atoms with van der Waals surface area (Å²) in [5, 5.41) is 2.72. The van der Waals surface area contributed by atoms with E-state index in [2.05, 4.69) is 33.9 Å². The SMILES string of the molecule is Cc1cc(NC(=O)CS)ccc1Br. The monoisotopic (exact) mass is 259 g/mol. The highest BCUT2D eigenvalue weighted by molar-refractivity contribution is 9.10. The minimum Gasteiger partial charge on any atom is -0.325 e. The van der Waals surface area contributed by atoms with Gasteiger partial charge in [-0.3, -0.25) is 4.79 Å². The number of thiol groups is 1. The Morgan fingerprint density at radius 3 is 2.85 bits per heavy atom. The molecule has 1 aromatic rings. The standard InChI is InChI=1S/C9H10BrNOS/c1-6-4-7(2-3-8(6)10)11-9(12)5-13/h2-4,13H,5H2,1H3,(H,11,12). The normalized spacial score (nSPS) is 9.77. The number of carbonyl (C=O) groups is 1. The third kappa shape index (κ3) is 3.04. The van der Waals surface area contributed by atoms with E-state index in [-0.39, 0.29) is 11.7 Å². The lowest BCUT2D eigenvalue weighted by Crippen LogP contribution is -2.12. The smallest absolute Gasteiger partial charge is 0.234 e. The fourth-order valence-corrected chi connectivity index (χ4v) is 1.25. The second-order valence-electron chi connectivity index (χ2n) is 2.67. The van der Waals surface area contributed by atoms with Gasteiger partial charge in [-0.1, -0.05) is 15.9 Å². The van der Waals surface area contributed by atoms with E-state index in [1.807, 2.05) is 25.1 Å². The Balaban J connectivity index is 2.79. The van der Waals surface area contributed by atoms with E-state index >= 15 is 0 Å². The fraction of sp³-hybridized carbons (Fsp3) is 0.222. The number of benzene rings is 1. The van der Waals surface area contributed by atoms with Gasteiger partial charge < -0.3 is 5.32 Å². The minimum atomic E-state index is -0.0925. The van der Waals surface area contributed by atoms with Crippen molar-refractivity contribution in [2.24, 2.45) is 0 Å². The third-order valence-electron chi connectivity index (χ3n) is 1.59. The summed E-state index contributed by atoms with van der Waals surface area (Å²) in [5.74, 6) is 0.111. The number of amides is 1. The average molecular weight is 260 g/mol. The van der Waals surface area contributed by atoms with Gasteiger partial charge in [0.25, 0.3) is 0 Å². The minimum absolute atomic E-state index is 0.0925. The number of halogens is 1. The molecule has 1 N–H and O–H groups in total. The van der Waals surface area contributed by atoms with Crippen LogP contribution >= 0.6 is 28.6 Å². The van der Waals surface area contributed by atoms with Crippen molar-refractivity contribution in [2.45, 2.75) is 6.92 Å². The molecule has 0 heterocycles. The van der Waals surface area contributed by atoms with Crippen LogP contribution in [-0.2, 0) is 4.79 Å². The van der Waals surface area contributed by atoms with Gasteiger partial charge in [-0.2, -0.15) is 12.6 Å². The molecule has 1 aromatic carbocycles. The zero-order valence-electron chi connectivity index (χ0n) is 7.17. The van der Waals surface area contributed by atoms with E-state index in [0.717, 1.165) is 15.7 Å². The van der Waals surface area contributed by atoms with Crippen LogP contribution in [0.2, 0.25) is 0 Å². The lowest BCUT2D eigenvalue weighted by molar-refractivity contribution is -0.113. The summed E-state index contributed by atoms with van der Waals surface area (Å²) in [7, 11) is 0. The van der Waals surface area contributed by atoms with Crippen LogP contribution in [0.15, 0.2) is 22.7 Å². The predicted molar refractivity (Wildman–Crippen MR) is 61.4 cm³/mol. The summed E-state index contributed by atoms with van der Waals surface area (Å²) in [5.41, 5.74) is 1.90. The van der Waals surface area contributed by atoms with Crippen LogP contribution in [0.3, 0.4) is 0 Å². The van der Waals surface area contributed by atoms with E-state index in [1.165, 1.54) is 0 Å². The molecule has 0 saturated heterocycles. The van der Waals surface area contributed by atoms with Gasteiger partial charge in [0, 0.05) is 10.2 Å². The van der Waals surface area contributed by atoms with Crippen molar-refractivity contribution in [3.05, 3.63) is 28.2 Å². The number of hydrogen-bond acceptors (Lipinski definition) is 2. The molecule has 0 fully saturated rings. The summed E-state index contributed by atoms with van der Waals surface area (Å²) >= 11 is 7.26. The topological polar surface area (TPSA) is 29.1 Å². The molecule has 0 bridgehead atoms. The largest absolute Gasteiger partial charge is 0.325 e. The fourth-order valence-electron chi connectivity index (χ4n) is 0.923. The second-order valence-corrected chi connectivity index (χ2v) is 3.84. The average Bonchev–Trinajstić information content (AvgIpc) is 2.11. The first-order chi connectivity index (χ1) is 6.13. The van der Waals surface area contributed by atoms with Crippen molar-refractivity contribution < 1.29 is 4.79 Å². The number of nitrogens with one attached hydrogen (secondary N) is 1. The molecule has 0 unspecified atom stereocenters. The number of hydrogen-bond donors (Lipinski definition) is 2. The molecule has 0 aromatic heterocycles. The van der Waals surface area contributed by atoms with Gasteiger partial charge in [0.15, 0.2) is 0 Å². The maximum absolute atomic E-state index is 11.0. The summed E-state index contributed by atoms with van der Waals surface area (Å²) in [6.45, 7) is 1.97. The van der Waals surface area contributed by atoms with Crippen LogP contribution in [0.5, 0.6) is 0 Å². The molecule has 0 spiro atoms. The molecule has 4 heteroatoms. The molecule has 0 aliphatic carbocycles. The Labute approximate surface area is 91.3 Å². The maximum atomic E-state index is 11.0. The lowest BCUT2D eigenvalue weighted by Gasteiger charge is -2.05. The Hall–Kier alpha value is -0.480. The molecule has 0 saturated carbocycles. The zero-order valence-corrected chi connectivity index (χ0v) is 9.65. The summed E-state index contributed by atoms with van der Waals surface area (Å²) < 4.78 is 1.04. The van der Waals surface area contributed by atoms with E-state index < -0.39 is 0 Å². The lowest BCUT2D eigenvalue weighted by atomic mass is 10.2. The zero-order chi connectivity index (χ0) is 9.84. The highest BCUT2D eigenvalue weighted by Gasteiger charge is 2.00. The quantitative estimate of drug-likeness (QED) is 0.786. The molecule has 0 atom stereocenters. The molecule has 0 aliphatic heterocycles. The maximum Gasteiger partial charge on any atom is 0.234 e. The molecule has 0 radical (unpaired) electrons. The van der Waals surface area contributed by atoms with Gasteiger partial charge in [-0.05, 0) is 30.7 Å². The van der Waals surface area contributed by atoms with Crippen molar-refractivity contribution in [2.75, 3.05) is 11.1 Å². The summed E-state index contributed by atoms with van der Waals surface area (Å²) in [6.07, 6.45) is 0. The van der Waals surface area contributed by atoms with Crippen molar-refractivity contribution in [3.63, 3.8) is 0 Å². The van der Waals surface area contributed by atoms with Crippen LogP contribution in [0, 0.1) is 6.92 Å². The van der Waals surface area contributed by atoms with Gasteiger partial charge >= 0.3 is 0 Å². The van der Waals surface area contributed by atoms with Crippen molar-refractivity contribution in [3.8, 4) is 0 Å². The van der Waals surface area contributed by atoms with Crippen LogP contribution in [0.1, 0.15) is 5.56 Å². The van der Waals surface area contributed by atoms with Crippen LogP contribution in [-0.4, -0.2) is 11.7 Å². The molecule has 70 valence electrons. The first-order valence-corrected chi connectivity index (χ1v) is 5.23. The van der Waals surface area contributed by atoms with Crippen molar-refractivity contribution in [1.29, 1.82) is 0 Å². The van der Waals surface area contributed by atoms with Gasteiger partial charge in [-0.15, -0.1) is 0 Å². The van der Waals surface area contributed by atoms with Gasteiger partial charge in [-0.25, -0.2) is 0 Å². The molecule has 0 aliphatic rings. The van der Waals surface area contributed by atoms with Crippen molar-refractivity contribution in [1.82, 2.24) is 0 Å². The van der Waals surface area contributed by atoms with E-state index in [1.54, 1.807) is 0 Å². The van der Waals surface area contributed by atoms with Crippen LogP contribution < -0.4 is 5.32 Å². The molecule has 2 nitrogen and oxygen atoms in total. The Morgan fingerprint density at radius 2 is 2.31 bits per heavy atom. The van der Waals surface area contributed by atoms with Crippen LogP contribution in [0.4, 0.5) is 5.69 Å². The van der Waals surface area contributed by atoms with Gasteiger partial charge in [0.2, 0.25) is 5.91 Å². The second kappa shape index (κ2) is 4.67. The first kappa shape index (κ1) is 10.6. The molecular formula is C9H10BrNOS. The summed E-state index contributed by atoms with van der Waals surface area (Å²) in [6, 6.07) is 5.66. The van der Waals surface area contributed by atoms with E-state index in [9.17, 15) is 4.79 Å². The Kier molecular flexibility index (Phi) is 3.81. The molecule has 13 heavy (non-hydrogen) atoms. The Bertz CT molecular complexity index is 327. The number of carbonyl (C=O) groups excluding carboxylic acids is 1. The number of rotatable bonds is 2. The number of anilines is 1. The molecular weight excluding hydrogens is 250 g/mol. The Morgan fingerprint density at radius 1 is 1.62 bits per heavy atom. The summed E-state index contributed by atoms with van der Waals surface area (Å²) in [4.78, 5) is 11.0. The molecule has 1 rings (SSSR count). The highest BCUT2D eigenvalue weighted by atomic mass is 79.9. The van der Waals surface area contributed by atoms with E-state index in [4.69, 9.17) is 0 Å². The van der Waals surface area contributed by atoms with Crippen molar-refractivity contribution >= 4 is 40.2 Å². The predicted octanol–water partition coefficient (Wildman–Crippen LogP) is 2.63. The number of aryl methyl sites for hydroxylation is 1. The first-order valence-electron chi connectivity index (χ1n) is 3.80. The van der Waals surface area contributed by atoms with Crippen LogP contribution in [0.25, 0.3) is 0 Å².